The van der Waals surface area contributed by atoms with Gasteiger partial charge in [0.05, 0.1) is 12.0 Å². The Morgan fingerprint density at radius 1 is 1.04 bits per heavy atom. The van der Waals surface area contributed by atoms with Gasteiger partial charge in [0.25, 0.3) is 0 Å². The third kappa shape index (κ3) is 2.29. The van der Waals surface area contributed by atoms with E-state index >= 15 is 0 Å². The first-order chi connectivity index (χ1) is 11.7. The lowest BCUT2D eigenvalue weighted by Gasteiger charge is -2.36. The predicted molar refractivity (Wildman–Crippen MR) is 96.7 cm³/mol. The maximum atomic E-state index is 13.0. The maximum Gasteiger partial charge on any atom is 0.246 e. The average molecular weight is 338 g/mol. The SMILES string of the molecule is O=C1[C@@H](Cl)[C@@]2(c3ccccc3)CCCC=C2N1Cc1ccccc1. The molecule has 0 spiro atoms. The van der Waals surface area contributed by atoms with Crippen molar-refractivity contribution in [3.63, 3.8) is 0 Å². The Hall–Kier alpha value is -2.06. The molecule has 2 aliphatic rings. The lowest BCUT2D eigenvalue weighted by atomic mass is 9.70. The van der Waals surface area contributed by atoms with Crippen molar-refractivity contribution in [2.45, 2.75) is 36.6 Å². The van der Waals surface area contributed by atoms with Crippen LogP contribution in [0.4, 0.5) is 0 Å². The fourth-order valence-corrected chi connectivity index (χ4v) is 4.57. The maximum absolute atomic E-state index is 13.0. The van der Waals surface area contributed by atoms with Crippen LogP contribution < -0.4 is 0 Å². The quantitative estimate of drug-likeness (QED) is 0.747. The number of rotatable bonds is 3. The van der Waals surface area contributed by atoms with Gasteiger partial charge in [0, 0.05) is 5.70 Å². The van der Waals surface area contributed by atoms with E-state index in [1.165, 1.54) is 0 Å². The summed E-state index contributed by atoms with van der Waals surface area (Å²) in [4.78, 5) is 14.9. The van der Waals surface area contributed by atoms with Gasteiger partial charge in [-0.15, -0.1) is 11.6 Å². The molecule has 0 radical (unpaired) electrons. The molecular weight excluding hydrogens is 318 g/mol. The van der Waals surface area contributed by atoms with E-state index in [9.17, 15) is 4.79 Å². The molecule has 1 amide bonds. The second kappa shape index (κ2) is 6.10. The van der Waals surface area contributed by atoms with Gasteiger partial charge in [-0.05, 0) is 30.4 Å². The van der Waals surface area contributed by atoms with Crippen LogP contribution in [0.1, 0.15) is 30.4 Å². The summed E-state index contributed by atoms with van der Waals surface area (Å²) in [6.07, 6.45) is 5.22. The molecule has 2 aromatic rings. The van der Waals surface area contributed by atoms with Gasteiger partial charge in [-0.25, -0.2) is 0 Å². The van der Waals surface area contributed by atoms with Gasteiger partial charge in [-0.1, -0.05) is 66.7 Å². The van der Waals surface area contributed by atoms with Crippen LogP contribution in [0.5, 0.6) is 0 Å². The molecule has 2 atom stereocenters. The number of nitrogens with zero attached hydrogens (tertiary/aromatic N) is 1. The van der Waals surface area contributed by atoms with E-state index in [0.717, 1.165) is 36.1 Å². The van der Waals surface area contributed by atoms with Crippen LogP contribution in [0.15, 0.2) is 72.4 Å². The van der Waals surface area contributed by atoms with E-state index in [4.69, 9.17) is 11.6 Å². The number of likely N-dealkylation sites (tertiary alicyclic amines) is 1. The number of alkyl halides is 1. The largest absolute Gasteiger partial charge is 0.310 e. The van der Waals surface area contributed by atoms with Crippen LogP contribution in [0, 0.1) is 0 Å². The molecule has 2 nitrogen and oxygen atoms in total. The van der Waals surface area contributed by atoms with Gasteiger partial charge in [0.15, 0.2) is 0 Å². The van der Waals surface area contributed by atoms with Crippen molar-refractivity contribution in [3.05, 3.63) is 83.6 Å². The average Bonchev–Trinajstić information content (AvgIpc) is 2.86. The predicted octanol–water partition coefficient (Wildman–Crippen LogP) is 4.64. The van der Waals surface area contributed by atoms with E-state index in [1.54, 1.807) is 0 Å². The zero-order valence-corrected chi connectivity index (χ0v) is 14.2. The smallest absolute Gasteiger partial charge is 0.246 e. The van der Waals surface area contributed by atoms with Crippen molar-refractivity contribution in [2.24, 2.45) is 0 Å². The topological polar surface area (TPSA) is 20.3 Å². The first-order valence-corrected chi connectivity index (χ1v) is 8.92. The molecule has 0 saturated carbocycles. The molecule has 0 N–H and O–H groups in total. The summed E-state index contributed by atoms with van der Waals surface area (Å²) < 4.78 is 0. The van der Waals surface area contributed by atoms with Crippen LogP contribution in [0.2, 0.25) is 0 Å². The Kier molecular flexibility index (Phi) is 3.93. The molecule has 0 unspecified atom stereocenters. The third-order valence-electron chi connectivity index (χ3n) is 5.25. The normalized spacial score (nSPS) is 26.2. The second-order valence-electron chi connectivity index (χ2n) is 6.59. The summed E-state index contributed by atoms with van der Waals surface area (Å²) >= 11 is 6.76. The van der Waals surface area contributed by atoms with Crippen LogP contribution >= 0.6 is 11.6 Å². The first kappa shape index (κ1) is 15.5. The van der Waals surface area contributed by atoms with Gasteiger partial charge >= 0.3 is 0 Å². The third-order valence-corrected chi connectivity index (χ3v) is 5.81. The van der Waals surface area contributed by atoms with E-state index < -0.39 is 5.38 Å². The summed E-state index contributed by atoms with van der Waals surface area (Å²) in [5.74, 6) is 0.0255. The van der Waals surface area contributed by atoms with E-state index in [1.807, 2.05) is 41.3 Å². The van der Waals surface area contributed by atoms with Gasteiger partial charge in [0.1, 0.15) is 5.38 Å². The molecule has 0 aromatic heterocycles. The number of amides is 1. The minimum atomic E-state index is -0.532. The molecule has 1 fully saturated rings. The lowest BCUT2D eigenvalue weighted by molar-refractivity contribution is -0.127. The molecule has 1 saturated heterocycles. The van der Waals surface area contributed by atoms with Gasteiger partial charge in [0.2, 0.25) is 5.91 Å². The summed E-state index contributed by atoms with van der Waals surface area (Å²) in [5.41, 5.74) is 2.99. The molecular formula is C21H20ClNO. The Morgan fingerprint density at radius 2 is 1.71 bits per heavy atom. The summed E-state index contributed by atoms with van der Waals surface area (Å²) in [5, 5.41) is -0.532. The van der Waals surface area contributed by atoms with E-state index in [-0.39, 0.29) is 11.3 Å². The second-order valence-corrected chi connectivity index (χ2v) is 7.03. The molecule has 1 aliphatic heterocycles. The van der Waals surface area contributed by atoms with Crippen LogP contribution in [0.3, 0.4) is 0 Å². The zero-order valence-electron chi connectivity index (χ0n) is 13.5. The highest BCUT2D eigenvalue weighted by atomic mass is 35.5. The molecule has 122 valence electrons. The number of allylic oxidation sites excluding steroid dienone is 2. The molecule has 1 aliphatic carbocycles. The van der Waals surface area contributed by atoms with Crippen molar-refractivity contribution in [1.29, 1.82) is 0 Å². The van der Waals surface area contributed by atoms with Crippen molar-refractivity contribution >= 4 is 17.5 Å². The minimum absolute atomic E-state index is 0.0255. The fourth-order valence-electron chi connectivity index (χ4n) is 4.11. The number of carbonyl (C=O) groups excluding carboxylic acids is 1. The Morgan fingerprint density at radius 3 is 2.42 bits per heavy atom. The van der Waals surface area contributed by atoms with E-state index in [2.05, 4.69) is 30.3 Å². The molecule has 4 rings (SSSR count). The number of carbonyl (C=O) groups is 1. The van der Waals surface area contributed by atoms with Crippen LogP contribution in [0.25, 0.3) is 0 Å². The Bertz CT molecular complexity index is 771. The highest BCUT2D eigenvalue weighted by molar-refractivity contribution is 6.33. The van der Waals surface area contributed by atoms with E-state index in [0.29, 0.717) is 6.54 Å². The van der Waals surface area contributed by atoms with Crippen molar-refractivity contribution < 1.29 is 4.79 Å². The Balaban J connectivity index is 1.79. The van der Waals surface area contributed by atoms with Crippen LogP contribution in [-0.4, -0.2) is 16.2 Å². The summed E-state index contributed by atoms with van der Waals surface area (Å²) in [7, 11) is 0. The van der Waals surface area contributed by atoms with Crippen molar-refractivity contribution in [2.75, 3.05) is 0 Å². The number of halogens is 1. The molecule has 24 heavy (non-hydrogen) atoms. The van der Waals surface area contributed by atoms with Crippen molar-refractivity contribution in [3.8, 4) is 0 Å². The summed E-state index contributed by atoms with van der Waals surface area (Å²) in [6.45, 7) is 0.587. The highest BCUT2D eigenvalue weighted by Gasteiger charge is 2.56. The fraction of sp³-hybridized carbons (Fsp3) is 0.286. The molecule has 3 heteroatoms. The lowest BCUT2D eigenvalue weighted by Crippen LogP contribution is -2.36. The van der Waals surface area contributed by atoms with Crippen molar-refractivity contribution in [1.82, 2.24) is 4.90 Å². The molecule has 2 aromatic carbocycles. The molecule has 0 bridgehead atoms. The summed E-state index contributed by atoms with van der Waals surface area (Å²) in [6, 6.07) is 20.4. The molecule has 1 heterocycles. The number of hydrogen-bond donors (Lipinski definition) is 0. The standard InChI is InChI=1S/C21H20ClNO/c22-19-20(24)23(15-16-9-3-1-4-10-16)18-13-7-8-14-21(18,19)17-11-5-2-6-12-17/h1-6,9-13,19H,7-8,14-15H2/t19-,21-/m1/s1. The highest BCUT2D eigenvalue weighted by Crippen LogP contribution is 2.52. The van der Waals surface area contributed by atoms with Gasteiger partial charge < -0.3 is 4.90 Å². The van der Waals surface area contributed by atoms with Gasteiger partial charge in [-0.2, -0.15) is 0 Å². The van der Waals surface area contributed by atoms with Gasteiger partial charge in [-0.3, -0.25) is 4.79 Å². The Labute approximate surface area is 147 Å². The number of hydrogen-bond acceptors (Lipinski definition) is 1. The van der Waals surface area contributed by atoms with Crippen LogP contribution in [-0.2, 0) is 16.8 Å². The zero-order chi connectivity index (χ0) is 16.6. The first-order valence-electron chi connectivity index (χ1n) is 8.49. The monoisotopic (exact) mass is 337 g/mol. The number of fused-ring (bicyclic) bond motifs is 1. The minimum Gasteiger partial charge on any atom is -0.310 e. The number of benzene rings is 2.